The van der Waals surface area contributed by atoms with Crippen molar-refractivity contribution in [2.75, 3.05) is 31.2 Å². The Morgan fingerprint density at radius 2 is 2.25 bits per heavy atom. The van der Waals surface area contributed by atoms with Crippen LogP contribution in [0.15, 0.2) is 12.3 Å². The fourth-order valence-electron chi connectivity index (χ4n) is 1.65. The van der Waals surface area contributed by atoms with Crippen LogP contribution in [0.5, 0.6) is 0 Å². The van der Waals surface area contributed by atoms with Gasteiger partial charge in [-0.1, -0.05) is 0 Å². The van der Waals surface area contributed by atoms with E-state index in [2.05, 4.69) is 14.9 Å². The standard InChI is InChI=1S/C11H15N3O2/c1-9(15)8-10-2-3-12-11(13-10)14-4-6-16-7-5-14/h2-3H,4-8H2,1H3. The Labute approximate surface area is 94.5 Å². The second-order valence-corrected chi connectivity index (χ2v) is 3.83. The first-order valence-electron chi connectivity index (χ1n) is 5.40. The summed E-state index contributed by atoms with van der Waals surface area (Å²) in [4.78, 5) is 21.7. The highest BCUT2D eigenvalue weighted by Gasteiger charge is 2.14. The highest BCUT2D eigenvalue weighted by Crippen LogP contribution is 2.10. The van der Waals surface area contributed by atoms with Crippen LogP contribution >= 0.6 is 0 Å². The molecule has 1 aliphatic rings. The lowest BCUT2D eigenvalue weighted by Crippen LogP contribution is -2.37. The van der Waals surface area contributed by atoms with E-state index < -0.39 is 0 Å². The van der Waals surface area contributed by atoms with Gasteiger partial charge in [0.25, 0.3) is 0 Å². The van der Waals surface area contributed by atoms with E-state index in [9.17, 15) is 4.79 Å². The molecule has 0 atom stereocenters. The fourth-order valence-corrected chi connectivity index (χ4v) is 1.65. The monoisotopic (exact) mass is 221 g/mol. The Balaban J connectivity index is 2.11. The van der Waals surface area contributed by atoms with Gasteiger partial charge >= 0.3 is 0 Å². The molecule has 16 heavy (non-hydrogen) atoms. The summed E-state index contributed by atoms with van der Waals surface area (Å²) in [7, 11) is 0. The molecule has 2 rings (SSSR count). The predicted octanol–water partition coefficient (Wildman–Crippen LogP) is 0.445. The maximum atomic E-state index is 11.0. The highest BCUT2D eigenvalue weighted by atomic mass is 16.5. The molecule has 1 aliphatic heterocycles. The number of anilines is 1. The number of carbonyl (C=O) groups is 1. The topological polar surface area (TPSA) is 55.3 Å². The molecule has 0 N–H and O–H groups in total. The lowest BCUT2D eigenvalue weighted by atomic mass is 10.2. The van der Waals surface area contributed by atoms with Crippen LogP contribution in [0.25, 0.3) is 0 Å². The van der Waals surface area contributed by atoms with Crippen molar-refractivity contribution in [3.63, 3.8) is 0 Å². The summed E-state index contributed by atoms with van der Waals surface area (Å²) in [5.74, 6) is 0.814. The lowest BCUT2D eigenvalue weighted by molar-refractivity contribution is -0.116. The van der Waals surface area contributed by atoms with Crippen molar-refractivity contribution in [1.82, 2.24) is 9.97 Å². The zero-order chi connectivity index (χ0) is 11.4. The summed E-state index contributed by atoms with van der Waals surface area (Å²) in [6, 6.07) is 1.78. The van der Waals surface area contributed by atoms with Gasteiger partial charge < -0.3 is 9.64 Å². The number of hydrogen-bond donors (Lipinski definition) is 0. The first-order valence-corrected chi connectivity index (χ1v) is 5.40. The molecule has 0 spiro atoms. The van der Waals surface area contributed by atoms with Crippen molar-refractivity contribution < 1.29 is 9.53 Å². The fraction of sp³-hybridized carbons (Fsp3) is 0.545. The number of aromatic nitrogens is 2. The van der Waals surface area contributed by atoms with Crippen LogP contribution in [0.2, 0.25) is 0 Å². The molecule has 0 radical (unpaired) electrons. The molecule has 1 saturated heterocycles. The van der Waals surface area contributed by atoms with Gasteiger partial charge in [-0.15, -0.1) is 0 Å². The zero-order valence-corrected chi connectivity index (χ0v) is 9.35. The van der Waals surface area contributed by atoms with Crippen molar-refractivity contribution in [3.8, 4) is 0 Å². The van der Waals surface area contributed by atoms with Gasteiger partial charge in [0.1, 0.15) is 5.78 Å². The highest BCUT2D eigenvalue weighted by molar-refractivity contribution is 5.77. The summed E-state index contributed by atoms with van der Waals surface area (Å²) in [6.45, 7) is 4.60. The van der Waals surface area contributed by atoms with Crippen LogP contribution in [-0.2, 0) is 16.0 Å². The number of ether oxygens (including phenoxy) is 1. The predicted molar refractivity (Wildman–Crippen MR) is 59.4 cm³/mol. The molecule has 1 fully saturated rings. The molecule has 1 aromatic rings. The smallest absolute Gasteiger partial charge is 0.225 e. The third kappa shape index (κ3) is 2.76. The normalized spacial score (nSPS) is 16.2. The van der Waals surface area contributed by atoms with Gasteiger partial charge in [0.15, 0.2) is 0 Å². The van der Waals surface area contributed by atoms with Crippen LogP contribution < -0.4 is 4.90 Å². The second kappa shape index (κ2) is 5.03. The third-order valence-electron chi connectivity index (χ3n) is 2.42. The van der Waals surface area contributed by atoms with Crippen LogP contribution in [0.3, 0.4) is 0 Å². The molecule has 0 amide bonds. The van der Waals surface area contributed by atoms with Gasteiger partial charge in [-0.05, 0) is 13.0 Å². The Bertz CT molecular complexity index is 375. The van der Waals surface area contributed by atoms with E-state index in [1.807, 2.05) is 0 Å². The van der Waals surface area contributed by atoms with E-state index in [1.165, 1.54) is 0 Å². The van der Waals surface area contributed by atoms with Gasteiger partial charge in [0.2, 0.25) is 5.95 Å². The number of ketones is 1. The molecule has 2 heterocycles. The molecule has 5 nitrogen and oxygen atoms in total. The molecule has 5 heteroatoms. The number of hydrogen-bond acceptors (Lipinski definition) is 5. The number of rotatable bonds is 3. The summed E-state index contributed by atoms with van der Waals surface area (Å²) in [5.41, 5.74) is 0.781. The molecule has 86 valence electrons. The van der Waals surface area contributed by atoms with Crippen LogP contribution in [0.4, 0.5) is 5.95 Å². The van der Waals surface area contributed by atoms with Gasteiger partial charge in [-0.2, -0.15) is 0 Å². The molecule has 0 saturated carbocycles. The van der Waals surface area contributed by atoms with Crippen molar-refractivity contribution in [3.05, 3.63) is 18.0 Å². The molecule has 1 aromatic heterocycles. The van der Waals surface area contributed by atoms with Gasteiger partial charge in [0, 0.05) is 25.7 Å². The Kier molecular flexibility index (Phi) is 3.46. The number of nitrogens with zero attached hydrogens (tertiary/aromatic N) is 3. The first-order chi connectivity index (χ1) is 7.75. The minimum atomic E-state index is 0.117. The SMILES string of the molecule is CC(=O)Cc1ccnc(N2CCOCC2)n1. The molecular formula is C11H15N3O2. The maximum Gasteiger partial charge on any atom is 0.225 e. The summed E-state index contributed by atoms with van der Waals surface area (Å²) in [5, 5.41) is 0. The van der Waals surface area contributed by atoms with Gasteiger partial charge in [-0.3, -0.25) is 4.79 Å². The molecule has 0 aromatic carbocycles. The van der Waals surface area contributed by atoms with E-state index in [1.54, 1.807) is 19.2 Å². The van der Waals surface area contributed by atoms with Crippen molar-refractivity contribution in [2.45, 2.75) is 13.3 Å². The summed E-state index contributed by atoms with van der Waals surface area (Å²) in [6.07, 6.45) is 2.08. The van der Waals surface area contributed by atoms with Crippen LogP contribution in [0.1, 0.15) is 12.6 Å². The maximum absolute atomic E-state index is 11.0. The van der Waals surface area contributed by atoms with E-state index >= 15 is 0 Å². The van der Waals surface area contributed by atoms with Crippen molar-refractivity contribution in [2.24, 2.45) is 0 Å². The molecule has 0 bridgehead atoms. The Hall–Kier alpha value is -1.49. The Morgan fingerprint density at radius 1 is 1.50 bits per heavy atom. The van der Waals surface area contributed by atoms with Gasteiger partial charge in [0.05, 0.1) is 18.9 Å². The van der Waals surface area contributed by atoms with E-state index in [4.69, 9.17) is 4.74 Å². The van der Waals surface area contributed by atoms with E-state index in [-0.39, 0.29) is 5.78 Å². The quantitative estimate of drug-likeness (QED) is 0.741. The molecule has 0 unspecified atom stereocenters. The van der Waals surface area contributed by atoms with E-state index in [0.29, 0.717) is 25.6 Å². The largest absolute Gasteiger partial charge is 0.378 e. The minimum absolute atomic E-state index is 0.117. The average molecular weight is 221 g/mol. The van der Waals surface area contributed by atoms with Crippen molar-refractivity contribution in [1.29, 1.82) is 0 Å². The van der Waals surface area contributed by atoms with Crippen molar-refractivity contribution >= 4 is 11.7 Å². The average Bonchev–Trinajstić information content (AvgIpc) is 2.30. The number of Topliss-reactive ketones (excluding diaryl/α,β-unsaturated/α-hetero) is 1. The lowest BCUT2D eigenvalue weighted by Gasteiger charge is -2.26. The molecular weight excluding hydrogens is 206 g/mol. The summed E-state index contributed by atoms with van der Waals surface area (Å²) < 4.78 is 5.26. The summed E-state index contributed by atoms with van der Waals surface area (Å²) >= 11 is 0. The minimum Gasteiger partial charge on any atom is -0.378 e. The van der Waals surface area contributed by atoms with E-state index in [0.717, 1.165) is 18.8 Å². The first kappa shape index (κ1) is 11.0. The third-order valence-corrected chi connectivity index (χ3v) is 2.42. The van der Waals surface area contributed by atoms with Gasteiger partial charge in [-0.25, -0.2) is 9.97 Å². The Morgan fingerprint density at radius 3 is 2.94 bits per heavy atom. The number of carbonyl (C=O) groups excluding carboxylic acids is 1. The second-order valence-electron chi connectivity index (χ2n) is 3.83. The zero-order valence-electron chi connectivity index (χ0n) is 9.35. The molecule has 0 aliphatic carbocycles. The number of morpholine rings is 1. The van der Waals surface area contributed by atoms with Crippen LogP contribution in [-0.4, -0.2) is 42.1 Å². The van der Waals surface area contributed by atoms with Crippen LogP contribution in [0, 0.1) is 0 Å².